The highest BCUT2D eigenvalue weighted by molar-refractivity contribution is 7.99. The quantitative estimate of drug-likeness (QED) is 0.614. The fourth-order valence-electron chi connectivity index (χ4n) is 4.14. The number of para-hydroxylation sites is 2. The predicted molar refractivity (Wildman–Crippen MR) is 113 cm³/mol. The fourth-order valence-corrected chi connectivity index (χ4v) is 5.01. The lowest BCUT2D eigenvalue weighted by molar-refractivity contribution is -0.129. The van der Waals surface area contributed by atoms with Gasteiger partial charge in [-0.1, -0.05) is 30.0 Å². The normalized spacial score (nSPS) is 18.4. The maximum absolute atomic E-state index is 13.0. The first kappa shape index (κ1) is 18.4. The van der Waals surface area contributed by atoms with Gasteiger partial charge in [-0.2, -0.15) is 0 Å². The Morgan fingerprint density at radius 3 is 2.86 bits per heavy atom. The maximum Gasteiger partial charge on any atom is 0.233 e. The first-order valence-corrected chi connectivity index (χ1v) is 10.9. The molecule has 3 aromatic rings. The number of rotatable bonds is 4. The van der Waals surface area contributed by atoms with E-state index in [0.29, 0.717) is 19.0 Å². The second kappa shape index (κ2) is 7.63. The molecule has 1 amide bonds. The van der Waals surface area contributed by atoms with Crippen LogP contribution in [0.1, 0.15) is 24.4 Å². The number of nitrogens with zero attached hydrogens (tertiary/aromatic N) is 3. The molecule has 29 heavy (non-hydrogen) atoms. The molecule has 1 atom stereocenters. The standard InChI is InChI=1S/C22H23N3O3S/c1-24-18-6-3-2-5-16(18)23-22(24)29-14-21(26)25-10-4-7-17(25)15-8-9-19-20(13-15)28-12-11-27-19/h2-3,5-6,8-9,13,17H,4,7,10-12,14H2,1H3/t17-/m1/s1. The van der Waals surface area contributed by atoms with Crippen molar-refractivity contribution >= 4 is 28.7 Å². The van der Waals surface area contributed by atoms with Crippen LogP contribution >= 0.6 is 11.8 Å². The van der Waals surface area contributed by atoms with E-state index in [0.717, 1.165) is 52.6 Å². The van der Waals surface area contributed by atoms with Gasteiger partial charge in [0.05, 0.1) is 22.8 Å². The third-order valence-electron chi connectivity index (χ3n) is 5.60. The molecule has 3 heterocycles. The Morgan fingerprint density at radius 2 is 2.00 bits per heavy atom. The van der Waals surface area contributed by atoms with Gasteiger partial charge >= 0.3 is 0 Å². The molecule has 6 nitrogen and oxygen atoms in total. The molecule has 0 aliphatic carbocycles. The molecule has 1 aromatic heterocycles. The molecule has 0 unspecified atom stereocenters. The largest absolute Gasteiger partial charge is 0.486 e. The monoisotopic (exact) mass is 409 g/mol. The van der Waals surface area contributed by atoms with Crippen molar-refractivity contribution in [1.82, 2.24) is 14.5 Å². The number of aromatic nitrogens is 2. The van der Waals surface area contributed by atoms with Crippen molar-refractivity contribution in [3.05, 3.63) is 48.0 Å². The molecular formula is C22H23N3O3S. The van der Waals surface area contributed by atoms with E-state index >= 15 is 0 Å². The Kier molecular flexibility index (Phi) is 4.83. The van der Waals surface area contributed by atoms with Crippen LogP contribution in [-0.4, -0.2) is 45.9 Å². The molecule has 0 N–H and O–H groups in total. The molecule has 0 spiro atoms. The Bertz CT molecular complexity index is 1060. The van der Waals surface area contributed by atoms with Crippen molar-refractivity contribution in [2.45, 2.75) is 24.0 Å². The van der Waals surface area contributed by atoms with Crippen LogP contribution < -0.4 is 9.47 Å². The van der Waals surface area contributed by atoms with Gasteiger partial charge in [-0.15, -0.1) is 0 Å². The summed E-state index contributed by atoms with van der Waals surface area (Å²) in [5.74, 6) is 2.10. The second-order valence-corrected chi connectivity index (χ2v) is 8.32. The first-order valence-electron chi connectivity index (χ1n) is 9.94. The Morgan fingerprint density at radius 1 is 1.17 bits per heavy atom. The molecule has 2 aromatic carbocycles. The van der Waals surface area contributed by atoms with Crippen molar-refractivity contribution in [1.29, 1.82) is 0 Å². The van der Waals surface area contributed by atoms with E-state index in [1.54, 1.807) is 0 Å². The van der Waals surface area contributed by atoms with Gasteiger partial charge in [0, 0.05) is 13.6 Å². The van der Waals surface area contributed by atoms with Crippen molar-refractivity contribution in [3.63, 3.8) is 0 Å². The predicted octanol–water partition coefficient (Wildman–Crippen LogP) is 3.80. The number of aryl methyl sites for hydroxylation is 1. The van der Waals surface area contributed by atoms with Crippen LogP contribution in [0.15, 0.2) is 47.6 Å². The summed E-state index contributed by atoms with van der Waals surface area (Å²) in [6.45, 7) is 1.94. The van der Waals surface area contributed by atoms with Gasteiger partial charge in [0.1, 0.15) is 13.2 Å². The number of ether oxygens (including phenoxy) is 2. The molecule has 0 bridgehead atoms. The van der Waals surface area contributed by atoms with Crippen molar-refractivity contribution in [2.24, 2.45) is 7.05 Å². The van der Waals surface area contributed by atoms with E-state index in [4.69, 9.17) is 9.47 Å². The first-order chi connectivity index (χ1) is 14.2. The van der Waals surface area contributed by atoms with E-state index < -0.39 is 0 Å². The van der Waals surface area contributed by atoms with Crippen LogP contribution in [0, 0.1) is 0 Å². The highest BCUT2D eigenvalue weighted by Gasteiger charge is 2.31. The van der Waals surface area contributed by atoms with Crippen molar-refractivity contribution in [3.8, 4) is 11.5 Å². The Balaban J connectivity index is 1.30. The van der Waals surface area contributed by atoms with E-state index in [1.165, 1.54) is 11.8 Å². The summed E-state index contributed by atoms with van der Waals surface area (Å²) in [4.78, 5) is 19.7. The summed E-state index contributed by atoms with van der Waals surface area (Å²) in [7, 11) is 2.00. The van der Waals surface area contributed by atoms with Gasteiger partial charge < -0.3 is 18.9 Å². The molecule has 7 heteroatoms. The number of amides is 1. The third-order valence-corrected chi connectivity index (χ3v) is 6.61. The molecular weight excluding hydrogens is 386 g/mol. The summed E-state index contributed by atoms with van der Waals surface area (Å²) in [5, 5.41) is 0.870. The zero-order chi connectivity index (χ0) is 19.8. The lowest BCUT2D eigenvalue weighted by atomic mass is 10.0. The highest BCUT2D eigenvalue weighted by atomic mass is 32.2. The van der Waals surface area contributed by atoms with Crippen LogP contribution in [0.25, 0.3) is 11.0 Å². The minimum absolute atomic E-state index is 0.0966. The third kappa shape index (κ3) is 3.44. The van der Waals surface area contributed by atoms with Crippen LogP contribution in [0.5, 0.6) is 11.5 Å². The smallest absolute Gasteiger partial charge is 0.233 e. The number of likely N-dealkylation sites (tertiary alicyclic amines) is 1. The summed E-state index contributed by atoms with van der Waals surface area (Å²) in [6, 6.07) is 14.2. The van der Waals surface area contributed by atoms with Crippen LogP contribution in [-0.2, 0) is 11.8 Å². The molecule has 2 aliphatic rings. The molecule has 150 valence electrons. The van der Waals surface area contributed by atoms with Crippen LogP contribution in [0.2, 0.25) is 0 Å². The van der Waals surface area contributed by atoms with E-state index in [9.17, 15) is 4.79 Å². The fraction of sp³-hybridized carbons (Fsp3) is 0.364. The summed E-state index contributed by atoms with van der Waals surface area (Å²) >= 11 is 1.50. The molecule has 2 aliphatic heterocycles. The number of imidazole rings is 1. The molecule has 5 rings (SSSR count). The highest BCUT2D eigenvalue weighted by Crippen LogP contribution is 2.38. The van der Waals surface area contributed by atoms with Gasteiger partial charge in [0.2, 0.25) is 5.91 Å². The number of hydrogen-bond acceptors (Lipinski definition) is 5. The van der Waals surface area contributed by atoms with Gasteiger partial charge in [-0.25, -0.2) is 4.98 Å². The molecule has 0 saturated carbocycles. The molecule has 0 radical (unpaired) electrons. The minimum Gasteiger partial charge on any atom is -0.486 e. The molecule has 1 fully saturated rings. The number of thioether (sulfide) groups is 1. The van der Waals surface area contributed by atoms with E-state index in [2.05, 4.69) is 15.6 Å². The average Bonchev–Trinajstić information content (AvgIpc) is 3.37. The number of carbonyl (C=O) groups excluding carboxylic acids is 1. The van der Waals surface area contributed by atoms with E-state index in [-0.39, 0.29) is 11.9 Å². The topological polar surface area (TPSA) is 56.6 Å². The zero-order valence-corrected chi connectivity index (χ0v) is 17.2. The number of benzene rings is 2. The summed E-state index contributed by atoms with van der Waals surface area (Å²) in [5.41, 5.74) is 3.16. The van der Waals surface area contributed by atoms with Crippen molar-refractivity contribution < 1.29 is 14.3 Å². The molecule has 1 saturated heterocycles. The number of carbonyl (C=O) groups is 1. The van der Waals surface area contributed by atoms with E-state index in [1.807, 2.05) is 48.3 Å². The van der Waals surface area contributed by atoms with Gasteiger partial charge in [-0.3, -0.25) is 4.79 Å². The number of fused-ring (bicyclic) bond motifs is 2. The van der Waals surface area contributed by atoms with Gasteiger partial charge in [0.25, 0.3) is 0 Å². The maximum atomic E-state index is 13.0. The lowest BCUT2D eigenvalue weighted by Crippen LogP contribution is -2.32. The Labute approximate surface area is 173 Å². The van der Waals surface area contributed by atoms with Gasteiger partial charge in [-0.05, 0) is 42.7 Å². The van der Waals surface area contributed by atoms with Gasteiger partial charge in [0.15, 0.2) is 16.7 Å². The minimum atomic E-state index is 0.0966. The SMILES string of the molecule is Cn1c(SCC(=O)N2CCC[C@@H]2c2ccc3c(c2)OCCO3)nc2ccccc21. The van der Waals surface area contributed by atoms with Crippen LogP contribution in [0.4, 0.5) is 0 Å². The lowest BCUT2D eigenvalue weighted by Gasteiger charge is -2.26. The average molecular weight is 410 g/mol. The van der Waals surface area contributed by atoms with Crippen LogP contribution in [0.3, 0.4) is 0 Å². The van der Waals surface area contributed by atoms with Crippen molar-refractivity contribution in [2.75, 3.05) is 25.5 Å². The summed E-state index contributed by atoms with van der Waals surface area (Å²) in [6.07, 6.45) is 1.99. The zero-order valence-electron chi connectivity index (χ0n) is 16.3. The summed E-state index contributed by atoms with van der Waals surface area (Å²) < 4.78 is 13.4. The Hall–Kier alpha value is -2.67. The number of hydrogen-bond donors (Lipinski definition) is 0. The second-order valence-electron chi connectivity index (χ2n) is 7.38.